The Morgan fingerprint density at radius 2 is 1.28 bits per heavy atom. The van der Waals surface area contributed by atoms with Gasteiger partial charge in [-0.25, -0.2) is 4.99 Å². The lowest BCUT2D eigenvalue weighted by atomic mass is 10.0. The molecular weight excluding hydrogens is 665 g/mol. The smallest absolute Gasteiger partial charge is 0.242 e. The standard InChI is InChI=1S/C11H15NO.C7H16N2.2C6H14N2.C6H11NO.C5H12N2/c1-12-10(11-8-13-11)7-9-5-3-2-4-6-9;1-8-7-3-5-9(2)6-4-7;1-7-6-3-4-8(2)5-6;1-7-6-2-4-8-5-3-6;1-4-5(2)7-6(3)8;1-6-5-2-3-7-4-5/h2-6,10-12H,7-8H2,1H3;7-8H,3-6H2,1-2H3;6-7H,3-5H2,1-2H3;6-8H,2-5H2,1H3;4H2,1-3H3;5-7H,2-4H2,1H3. The Morgan fingerprint density at radius 1 is 0.774 bits per heavy atom. The predicted molar refractivity (Wildman–Crippen MR) is 227 cm³/mol. The molecule has 7 N–H and O–H groups in total. The first-order chi connectivity index (χ1) is 25.6. The lowest BCUT2D eigenvalue weighted by Gasteiger charge is -2.28. The van der Waals surface area contributed by atoms with Crippen LogP contribution in [0.15, 0.2) is 35.3 Å². The number of likely N-dealkylation sites (tertiary alicyclic amines) is 2. The monoisotopic (exact) mass is 747 g/mol. The summed E-state index contributed by atoms with van der Waals surface area (Å²) in [6.07, 6.45) is 10.2. The lowest BCUT2D eigenvalue weighted by molar-refractivity contribution is -0.115. The van der Waals surface area contributed by atoms with E-state index in [0.29, 0.717) is 12.1 Å². The van der Waals surface area contributed by atoms with Crippen LogP contribution in [0.3, 0.4) is 0 Å². The third-order valence-electron chi connectivity index (χ3n) is 10.5. The number of aliphatic imine (C=N–C) groups is 1. The van der Waals surface area contributed by atoms with E-state index in [2.05, 4.69) is 97.4 Å². The molecule has 1 aromatic rings. The van der Waals surface area contributed by atoms with Crippen LogP contribution in [0.2, 0.25) is 0 Å². The van der Waals surface area contributed by atoms with Crippen LogP contribution in [-0.2, 0) is 16.0 Å². The van der Waals surface area contributed by atoms with Gasteiger partial charge in [0, 0.05) is 55.9 Å². The molecule has 308 valence electrons. The summed E-state index contributed by atoms with van der Waals surface area (Å²) in [5.41, 5.74) is 2.27. The second-order valence-corrected chi connectivity index (χ2v) is 14.9. The van der Waals surface area contributed by atoms with Crippen molar-refractivity contribution in [3.05, 3.63) is 35.9 Å². The largest absolute Gasteiger partial charge is 0.371 e. The number of rotatable bonds is 9. The van der Waals surface area contributed by atoms with Crippen LogP contribution < -0.4 is 37.2 Å². The Bertz CT molecular complexity index is 1020. The van der Waals surface area contributed by atoms with Gasteiger partial charge in [-0.15, -0.1) is 0 Å². The number of piperidine rings is 2. The number of likely N-dealkylation sites (N-methyl/N-ethyl adjacent to an activating group) is 4. The third-order valence-corrected chi connectivity index (χ3v) is 10.5. The average Bonchev–Trinajstić information content (AvgIpc) is 3.71. The van der Waals surface area contributed by atoms with Crippen molar-refractivity contribution in [2.24, 2.45) is 4.99 Å². The van der Waals surface area contributed by atoms with Crippen LogP contribution in [0.4, 0.5) is 0 Å². The first kappa shape index (κ1) is 49.2. The summed E-state index contributed by atoms with van der Waals surface area (Å²) in [7, 11) is 14.5. The molecule has 6 rings (SSSR count). The molecule has 0 saturated carbocycles. The molecule has 0 aromatic heterocycles. The van der Waals surface area contributed by atoms with Gasteiger partial charge in [-0.05, 0) is 152 Å². The molecule has 5 saturated heterocycles. The highest BCUT2D eigenvalue weighted by atomic mass is 16.6. The number of amides is 1. The van der Waals surface area contributed by atoms with Crippen LogP contribution in [0.1, 0.15) is 71.3 Å². The summed E-state index contributed by atoms with van der Waals surface area (Å²) in [6, 6.07) is 14.0. The summed E-state index contributed by atoms with van der Waals surface area (Å²) in [5.74, 6) is -0.107. The van der Waals surface area contributed by atoms with Crippen LogP contribution in [-0.4, -0.2) is 166 Å². The van der Waals surface area contributed by atoms with Crippen molar-refractivity contribution in [2.75, 3.05) is 108 Å². The number of nitrogens with one attached hydrogen (secondary N) is 7. The number of hydrogen-bond acceptors (Lipinski definition) is 11. The quantitative estimate of drug-likeness (QED) is 0.149. The number of epoxide rings is 1. The van der Waals surface area contributed by atoms with E-state index in [-0.39, 0.29) is 5.91 Å². The fourth-order valence-corrected chi connectivity index (χ4v) is 6.40. The molecule has 0 bridgehead atoms. The fraction of sp³-hybridized carbons (Fsp3) is 0.805. The summed E-state index contributed by atoms with van der Waals surface area (Å²) in [4.78, 5) is 18.6. The number of nitrogens with zero attached hydrogens (tertiary/aromatic N) is 3. The third kappa shape index (κ3) is 25.8. The van der Waals surface area contributed by atoms with E-state index in [0.717, 1.165) is 55.9 Å². The van der Waals surface area contributed by atoms with E-state index in [1.165, 1.54) is 96.8 Å². The zero-order valence-electron chi connectivity index (χ0n) is 35.5. The van der Waals surface area contributed by atoms with Gasteiger partial charge in [0.25, 0.3) is 0 Å². The van der Waals surface area contributed by atoms with Gasteiger partial charge >= 0.3 is 0 Å². The molecule has 12 heteroatoms. The van der Waals surface area contributed by atoms with Crippen molar-refractivity contribution in [1.29, 1.82) is 0 Å². The molecule has 4 unspecified atom stereocenters. The van der Waals surface area contributed by atoms with Gasteiger partial charge in [0.1, 0.15) is 0 Å². The molecule has 5 aliphatic heterocycles. The zero-order chi connectivity index (χ0) is 39.3. The van der Waals surface area contributed by atoms with Crippen LogP contribution >= 0.6 is 0 Å². The normalized spacial score (nSPS) is 24.0. The van der Waals surface area contributed by atoms with Gasteiger partial charge in [0.15, 0.2) is 0 Å². The van der Waals surface area contributed by atoms with Gasteiger partial charge < -0.3 is 51.8 Å². The van der Waals surface area contributed by atoms with Gasteiger partial charge in [-0.2, -0.15) is 0 Å². The second-order valence-electron chi connectivity index (χ2n) is 14.9. The minimum Gasteiger partial charge on any atom is -0.371 e. The first-order valence-corrected chi connectivity index (χ1v) is 20.4. The maximum absolute atomic E-state index is 10.2. The van der Waals surface area contributed by atoms with E-state index < -0.39 is 0 Å². The Morgan fingerprint density at radius 3 is 1.64 bits per heavy atom. The number of carbonyl (C=O) groups is 1. The van der Waals surface area contributed by atoms with Crippen molar-refractivity contribution in [3.8, 4) is 0 Å². The number of benzene rings is 1. The molecule has 0 radical (unpaired) electrons. The number of ether oxygens (including phenoxy) is 1. The first-order valence-electron chi connectivity index (χ1n) is 20.4. The fourth-order valence-electron chi connectivity index (χ4n) is 6.40. The van der Waals surface area contributed by atoms with E-state index in [1.807, 2.05) is 48.1 Å². The van der Waals surface area contributed by atoms with E-state index in [4.69, 9.17) is 4.74 Å². The second kappa shape index (κ2) is 31.4. The van der Waals surface area contributed by atoms with E-state index in [9.17, 15) is 4.79 Å². The summed E-state index contributed by atoms with van der Waals surface area (Å²) < 4.78 is 5.27. The van der Waals surface area contributed by atoms with Gasteiger partial charge in [-0.3, -0.25) is 4.79 Å². The highest BCUT2D eigenvalue weighted by Crippen LogP contribution is 2.17. The van der Waals surface area contributed by atoms with E-state index >= 15 is 0 Å². The SMILES string of the molecule is CCC(C)=NC(C)=O.CNC(Cc1ccccc1)C1CO1.CNC1CCN(C)C1.CNC1CCN(C)CC1.CNC1CCNC1.CNC1CCNCC1. The zero-order valence-corrected chi connectivity index (χ0v) is 35.5. The van der Waals surface area contributed by atoms with Crippen molar-refractivity contribution in [3.63, 3.8) is 0 Å². The van der Waals surface area contributed by atoms with Crippen molar-refractivity contribution in [2.45, 2.75) is 108 Å². The van der Waals surface area contributed by atoms with Crippen LogP contribution in [0.25, 0.3) is 0 Å². The van der Waals surface area contributed by atoms with Crippen molar-refractivity contribution in [1.82, 2.24) is 47.0 Å². The van der Waals surface area contributed by atoms with Crippen molar-refractivity contribution < 1.29 is 9.53 Å². The van der Waals surface area contributed by atoms with E-state index in [1.54, 1.807) is 0 Å². The molecule has 53 heavy (non-hydrogen) atoms. The molecule has 1 aromatic carbocycles. The minimum atomic E-state index is -0.107. The average molecular weight is 747 g/mol. The topological polar surface area (TPSA) is 133 Å². The maximum Gasteiger partial charge on any atom is 0.242 e. The van der Waals surface area contributed by atoms with Gasteiger partial charge in [-0.1, -0.05) is 37.3 Å². The Kier molecular flexibility index (Phi) is 29.1. The molecule has 5 aliphatic rings. The highest BCUT2D eigenvalue weighted by molar-refractivity contribution is 5.93. The minimum absolute atomic E-state index is 0.107. The lowest BCUT2D eigenvalue weighted by Crippen LogP contribution is -2.39. The molecule has 12 nitrogen and oxygen atoms in total. The summed E-state index contributed by atoms with van der Waals surface area (Å²) >= 11 is 0. The molecule has 0 aliphatic carbocycles. The molecule has 5 heterocycles. The molecular formula is C41H82N10O2. The van der Waals surface area contributed by atoms with Crippen LogP contribution in [0.5, 0.6) is 0 Å². The molecule has 4 atom stereocenters. The Balaban J connectivity index is 0.000000323. The highest BCUT2D eigenvalue weighted by Gasteiger charge is 2.31. The van der Waals surface area contributed by atoms with Gasteiger partial charge in [0.05, 0.1) is 12.7 Å². The predicted octanol–water partition coefficient (Wildman–Crippen LogP) is 2.36. The number of carbonyl (C=O) groups excluding carboxylic acids is 1. The summed E-state index contributed by atoms with van der Waals surface area (Å²) in [6.45, 7) is 15.9. The Hall–Kier alpha value is -1.84. The molecule has 0 spiro atoms. The van der Waals surface area contributed by atoms with Crippen molar-refractivity contribution >= 4 is 11.6 Å². The number of hydrogen-bond donors (Lipinski definition) is 7. The maximum atomic E-state index is 10.2. The molecule has 5 fully saturated rings. The summed E-state index contributed by atoms with van der Waals surface area (Å²) in [5, 5.41) is 22.9. The van der Waals surface area contributed by atoms with Gasteiger partial charge in [0.2, 0.25) is 5.91 Å². The molecule has 1 amide bonds. The Labute approximate surface area is 325 Å². The van der Waals surface area contributed by atoms with Crippen LogP contribution in [0, 0.1) is 0 Å².